The van der Waals surface area contributed by atoms with Gasteiger partial charge in [-0.15, -0.1) is 11.3 Å². The van der Waals surface area contributed by atoms with Gasteiger partial charge in [0.05, 0.1) is 28.3 Å². The summed E-state index contributed by atoms with van der Waals surface area (Å²) >= 11 is 13.6. The van der Waals surface area contributed by atoms with Crippen LogP contribution in [0.3, 0.4) is 0 Å². The zero-order valence-electron chi connectivity index (χ0n) is 16.3. The van der Waals surface area contributed by atoms with Gasteiger partial charge in [-0.3, -0.25) is 9.36 Å². The van der Waals surface area contributed by atoms with E-state index in [9.17, 15) is 4.79 Å². The number of fused-ring (bicyclic) bond motifs is 1. The van der Waals surface area contributed by atoms with Gasteiger partial charge in [0.15, 0.2) is 0 Å². The number of rotatable bonds is 4. The number of hydrogen-bond acceptors (Lipinski definition) is 3. The standard InChI is InChI=1S/C25H16Cl2N2OS/c26-21-11-6-16(12-22(21)27)13-29-15-28-24-23(25(29)30)20(14-31-24)19-9-7-18(8-10-19)17-4-2-1-3-5-17/h1-12,14-15H,13H2. The van der Waals surface area contributed by atoms with Gasteiger partial charge in [0.25, 0.3) is 5.56 Å². The number of hydrogen-bond donors (Lipinski definition) is 0. The van der Waals surface area contributed by atoms with E-state index in [1.165, 1.54) is 11.3 Å². The van der Waals surface area contributed by atoms with Crippen LogP contribution in [0, 0.1) is 0 Å². The van der Waals surface area contributed by atoms with Crippen LogP contribution in [-0.2, 0) is 6.54 Å². The first-order valence-corrected chi connectivity index (χ1v) is 11.3. The molecule has 0 bridgehead atoms. The van der Waals surface area contributed by atoms with Crippen LogP contribution in [0.1, 0.15) is 5.56 Å². The van der Waals surface area contributed by atoms with Crippen molar-refractivity contribution in [1.82, 2.24) is 9.55 Å². The van der Waals surface area contributed by atoms with E-state index in [0.29, 0.717) is 22.0 Å². The van der Waals surface area contributed by atoms with Gasteiger partial charge >= 0.3 is 0 Å². The van der Waals surface area contributed by atoms with Crippen molar-refractivity contribution in [3.8, 4) is 22.3 Å². The fourth-order valence-electron chi connectivity index (χ4n) is 3.60. The normalized spacial score (nSPS) is 11.2. The van der Waals surface area contributed by atoms with Crippen LogP contribution in [0.2, 0.25) is 10.0 Å². The molecule has 0 N–H and O–H groups in total. The Hall–Kier alpha value is -2.92. The largest absolute Gasteiger partial charge is 0.294 e. The molecular formula is C25H16Cl2N2OS. The molecule has 0 saturated heterocycles. The van der Waals surface area contributed by atoms with Crippen LogP contribution in [-0.4, -0.2) is 9.55 Å². The van der Waals surface area contributed by atoms with Crippen molar-refractivity contribution in [3.63, 3.8) is 0 Å². The molecule has 0 aliphatic carbocycles. The molecule has 5 aromatic rings. The Kier molecular flexibility index (Phi) is 5.36. The molecule has 0 fully saturated rings. The van der Waals surface area contributed by atoms with Crippen LogP contribution >= 0.6 is 34.5 Å². The fourth-order valence-corrected chi connectivity index (χ4v) is 4.83. The maximum atomic E-state index is 13.3. The number of thiophene rings is 1. The molecule has 3 aromatic carbocycles. The molecule has 0 aliphatic heterocycles. The van der Waals surface area contributed by atoms with Crippen molar-refractivity contribution in [2.45, 2.75) is 6.54 Å². The molecule has 0 radical (unpaired) electrons. The van der Waals surface area contributed by atoms with Gasteiger partial charge in [0.1, 0.15) is 4.83 Å². The van der Waals surface area contributed by atoms with Crippen LogP contribution in [0.25, 0.3) is 32.5 Å². The minimum Gasteiger partial charge on any atom is -0.294 e. The smallest absolute Gasteiger partial charge is 0.263 e. The zero-order chi connectivity index (χ0) is 21.4. The minimum absolute atomic E-state index is 0.0699. The van der Waals surface area contributed by atoms with E-state index in [1.54, 1.807) is 23.0 Å². The molecule has 2 aromatic heterocycles. The fraction of sp³-hybridized carbons (Fsp3) is 0.0400. The van der Waals surface area contributed by atoms with Crippen molar-refractivity contribution in [2.75, 3.05) is 0 Å². The Morgan fingerprint density at radius 3 is 2.29 bits per heavy atom. The lowest BCUT2D eigenvalue weighted by Gasteiger charge is -2.08. The molecule has 0 amide bonds. The predicted molar refractivity (Wildman–Crippen MR) is 130 cm³/mol. The highest BCUT2D eigenvalue weighted by Crippen LogP contribution is 2.32. The molecule has 152 valence electrons. The van der Waals surface area contributed by atoms with Gasteiger partial charge in [-0.05, 0) is 34.4 Å². The lowest BCUT2D eigenvalue weighted by Crippen LogP contribution is -2.21. The third-order valence-corrected chi connectivity index (χ3v) is 6.83. The van der Waals surface area contributed by atoms with Gasteiger partial charge in [-0.2, -0.15) is 0 Å². The van der Waals surface area contributed by atoms with Crippen LogP contribution in [0.4, 0.5) is 0 Å². The maximum Gasteiger partial charge on any atom is 0.263 e. The van der Waals surface area contributed by atoms with Gasteiger partial charge in [-0.25, -0.2) is 4.98 Å². The maximum absolute atomic E-state index is 13.3. The minimum atomic E-state index is -0.0699. The summed E-state index contributed by atoms with van der Waals surface area (Å²) in [6.07, 6.45) is 1.59. The van der Waals surface area contributed by atoms with Crippen LogP contribution < -0.4 is 5.56 Å². The molecule has 6 heteroatoms. The summed E-state index contributed by atoms with van der Waals surface area (Å²) in [5.41, 5.74) is 5.02. The summed E-state index contributed by atoms with van der Waals surface area (Å²) in [6, 6.07) is 23.9. The Bertz CT molecular complexity index is 1440. The molecule has 0 atom stereocenters. The molecule has 0 saturated carbocycles. The molecule has 0 aliphatic rings. The zero-order valence-corrected chi connectivity index (χ0v) is 18.6. The Morgan fingerprint density at radius 1 is 0.839 bits per heavy atom. The van der Waals surface area contributed by atoms with Gasteiger partial charge in [-0.1, -0.05) is 83.9 Å². The lowest BCUT2D eigenvalue weighted by atomic mass is 10.0. The van der Waals surface area contributed by atoms with Crippen molar-refractivity contribution in [3.05, 3.63) is 110 Å². The van der Waals surface area contributed by atoms with Crippen molar-refractivity contribution < 1.29 is 0 Å². The number of aromatic nitrogens is 2. The molecule has 0 unspecified atom stereocenters. The second-order valence-electron chi connectivity index (χ2n) is 7.20. The molecule has 5 rings (SSSR count). The summed E-state index contributed by atoms with van der Waals surface area (Å²) < 4.78 is 1.61. The Morgan fingerprint density at radius 2 is 1.55 bits per heavy atom. The summed E-state index contributed by atoms with van der Waals surface area (Å²) in [6.45, 7) is 0.376. The average Bonchev–Trinajstić information content (AvgIpc) is 3.24. The van der Waals surface area contributed by atoms with E-state index >= 15 is 0 Å². The first-order valence-electron chi connectivity index (χ1n) is 9.66. The van der Waals surface area contributed by atoms with Gasteiger partial charge in [0.2, 0.25) is 0 Å². The monoisotopic (exact) mass is 462 g/mol. The highest BCUT2D eigenvalue weighted by Gasteiger charge is 2.14. The summed E-state index contributed by atoms with van der Waals surface area (Å²) in [7, 11) is 0. The second kappa shape index (κ2) is 8.31. The lowest BCUT2D eigenvalue weighted by molar-refractivity contribution is 0.749. The third kappa shape index (κ3) is 3.90. The van der Waals surface area contributed by atoms with Gasteiger partial charge in [0, 0.05) is 10.9 Å². The molecule has 0 spiro atoms. The molecule has 31 heavy (non-hydrogen) atoms. The van der Waals surface area contributed by atoms with E-state index in [2.05, 4.69) is 41.4 Å². The van der Waals surface area contributed by atoms with Crippen LogP contribution in [0.15, 0.2) is 89.3 Å². The first kappa shape index (κ1) is 20.0. The number of nitrogens with zero attached hydrogens (tertiary/aromatic N) is 2. The van der Waals surface area contributed by atoms with E-state index < -0.39 is 0 Å². The highest BCUT2D eigenvalue weighted by molar-refractivity contribution is 7.17. The van der Waals surface area contributed by atoms with Gasteiger partial charge < -0.3 is 0 Å². The number of benzene rings is 3. The average molecular weight is 463 g/mol. The summed E-state index contributed by atoms with van der Waals surface area (Å²) in [5.74, 6) is 0. The van der Waals surface area contributed by atoms with Crippen molar-refractivity contribution in [2.24, 2.45) is 0 Å². The molecule has 2 heterocycles. The first-order chi connectivity index (χ1) is 15.1. The van der Waals surface area contributed by atoms with E-state index in [-0.39, 0.29) is 5.56 Å². The Labute approximate surface area is 193 Å². The van der Waals surface area contributed by atoms with Crippen molar-refractivity contribution in [1.29, 1.82) is 0 Å². The predicted octanol–water partition coefficient (Wildman–Crippen LogP) is 7.15. The summed E-state index contributed by atoms with van der Waals surface area (Å²) in [5, 5.41) is 3.60. The van der Waals surface area contributed by atoms with Crippen LogP contribution in [0.5, 0.6) is 0 Å². The molecule has 3 nitrogen and oxygen atoms in total. The second-order valence-corrected chi connectivity index (χ2v) is 8.87. The van der Waals surface area contributed by atoms with E-state index in [4.69, 9.17) is 23.2 Å². The number of halogens is 2. The summed E-state index contributed by atoms with van der Waals surface area (Å²) in [4.78, 5) is 18.5. The Balaban J connectivity index is 1.53. The third-order valence-electron chi connectivity index (χ3n) is 5.20. The highest BCUT2D eigenvalue weighted by atomic mass is 35.5. The quantitative estimate of drug-likeness (QED) is 0.284. The van der Waals surface area contributed by atoms with E-state index in [0.717, 1.165) is 32.6 Å². The van der Waals surface area contributed by atoms with Crippen molar-refractivity contribution >= 4 is 44.8 Å². The topological polar surface area (TPSA) is 34.9 Å². The SMILES string of the molecule is O=c1c2c(-c3ccc(-c4ccccc4)cc3)csc2ncn1Cc1ccc(Cl)c(Cl)c1. The molecular weight excluding hydrogens is 447 g/mol. The van der Waals surface area contributed by atoms with E-state index in [1.807, 2.05) is 29.6 Å².